The van der Waals surface area contributed by atoms with Gasteiger partial charge < -0.3 is 10.1 Å². The zero-order chi connectivity index (χ0) is 14.8. The minimum absolute atomic E-state index is 0.111. The number of rotatable bonds is 3. The molecule has 21 heavy (non-hydrogen) atoms. The molecular formula is C18H17NO2. The Kier molecular flexibility index (Phi) is 3.57. The first-order chi connectivity index (χ1) is 10.2. The predicted octanol–water partition coefficient (Wildman–Crippen LogP) is 3.56. The Hall–Kier alpha value is -2.42. The van der Waals surface area contributed by atoms with E-state index >= 15 is 0 Å². The Morgan fingerprint density at radius 1 is 1.05 bits per heavy atom. The molecule has 0 radical (unpaired) electrons. The van der Waals surface area contributed by atoms with Crippen molar-refractivity contribution in [2.75, 3.05) is 7.11 Å². The van der Waals surface area contributed by atoms with Gasteiger partial charge in [-0.3, -0.25) is 4.79 Å². The summed E-state index contributed by atoms with van der Waals surface area (Å²) < 4.78 is 5.21. The molecule has 0 bridgehead atoms. The standard InChI is InChI=1S/C18H17NO2/c1-21-14-9-5-8-13(10-14)17-16(19)11-15(18(17)20)12-6-3-2-4-7-12/h2-10,15,17,19H,11H2,1H3. The van der Waals surface area contributed by atoms with Crippen molar-refractivity contribution in [3.05, 3.63) is 65.7 Å². The van der Waals surface area contributed by atoms with E-state index in [9.17, 15) is 4.79 Å². The Morgan fingerprint density at radius 2 is 1.76 bits per heavy atom. The van der Waals surface area contributed by atoms with Crippen LogP contribution >= 0.6 is 0 Å². The van der Waals surface area contributed by atoms with Crippen molar-refractivity contribution in [3.63, 3.8) is 0 Å². The molecule has 0 heterocycles. The smallest absolute Gasteiger partial charge is 0.153 e. The number of carbonyl (C=O) groups excluding carboxylic acids is 1. The fourth-order valence-electron chi connectivity index (χ4n) is 2.97. The molecule has 106 valence electrons. The lowest BCUT2D eigenvalue weighted by atomic mass is 9.91. The molecule has 1 aliphatic rings. The van der Waals surface area contributed by atoms with Gasteiger partial charge in [0.05, 0.1) is 13.0 Å². The van der Waals surface area contributed by atoms with Crippen LogP contribution in [0.3, 0.4) is 0 Å². The molecule has 0 saturated heterocycles. The zero-order valence-electron chi connectivity index (χ0n) is 11.9. The molecule has 0 spiro atoms. The summed E-state index contributed by atoms with van der Waals surface area (Å²) in [4.78, 5) is 12.7. The minimum Gasteiger partial charge on any atom is -0.497 e. The van der Waals surface area contributed by atoms with Crippen molar-refractivity contribution in [1.82, 2.24) is 0 Å². The summed E-state index contributed by atoms with van der Waals surface area (Å²) >= 11 is 0. The molecule has 0 aliphatic heterocycles. The average Bonchev–Trinajstić information content (AvgIpc) is 2.83. The molecule has 1 saturated carbocycles. The monoisotopic (exact) mass is 279 g/mol. The van der Waals surface area contributed by atoms with Crippen molar-refractivity contribution in [2.24, 2.45) is 0 Å². The predicted molar refractivity (Wildman–Crippen MR) is 82.3 cm³/mol. The molecule has 1 aliphatic carbocycles. The molecule has 3 nitrogen and oxygen atoms in total. The quantitative estimate of drug-likeness (QED) is 0.934. The Balaban J connectivity index is 1.94. The Morgan fingerprint density at radius 3 is 2.48 bits per heavy atom. The number of ether oxygens (including phenoxy) is 1. The maximum atomic E-state index is 12.7. The van der Waals surface area contributed by atoms with E-state index in [1.807, 2.05) is 54.6 Å². The van der Waals surface area contributed by atoms with Gasteiger partial charge in [0.1, 0.15) is 5.75 Å². The lowest BCUT2D eigenvalue weighted by Crippen LogP contribution is -2.14. The van der Waals surface area contributed by atoms with E-state index in [0.717, 1.165) is 16.9 Å². The van der Waals surface area contributed by atoms with Crippen molar-refractivity contribution >= 4 is 11.5 Å². The molecule has 2 atom stereocenters. The van der Waals surface area contributed by atoms with Gasteiger partial charge in [-0.05, 0) is 29.7 Å². The molecule has 2 aromatic rings. The van der Waals surface area contributed by atoms with Crippen LogP contribution in [0.2, 0.25) is 0 Å². The number of benzene rings is 2. The fourth-order valence-corrected chi connectivity index (χ4v) is 2.97. The second-order valence-electron chi connectivity index (χ2n) is 5.30. The summed E-state index contributed by atoms with van der Waals surface area (Å²) in [5, 5.41) is 8.22. The normalized spacial score (nSPS) is 21.6. The largest absolute Gasteiger partial charge is 0.497 e. The van der Waals surface area contributed by atoms with E-state index in [-0.39, 0.29) is 11.7 Å². The van der Waals surface area contributed by atoms with Gasteiger partial charge in [0, 0.05) is 11.6 Å². The van der Waals surface area contributed by atoms with Crippen molar-refractivity contribution in [3.8, 4) is 5.75 Å². The number of ketones is 1. The maximum Gasteiger partial charge on any atom is 0.153 e. The molecule has 1 N–H and O–H groups in total. The van der Waals surface area contributed by atoms with Crippen molar-refractivity contribution in [1.29, 1.82) is 5.41 Å². The number of methoxy groups -OCH3 is 1. The summed E-state index contributed by atoms with van der Waals surface area (Å²) in [6.45, 7) is 0. The second kappa shape index (κ2) is 5.52. The van der Waals surface area contributed by atoms with Gasteiger partial charge >= 0.3 is 0 Å². The van der Waals surface area contributed by atoms with Gasteiger partial charge in [0.15, 0.2) is 5.78 Å². The number of Topliss-reactive ketones (excluding diaryl/α,β-unsaturated/α-hetero) is 1. The lowest BCUT2D eigenvalue weighted by Gasteiger charge is -2.12. The molecule has 0 aromatic heterocycles. The molecular weight excluding hydrogens is 262 g/mol. The number of hydrogen-bond acceptors (Lipinski definition) is 3. The second-order valence-corrected chi connectivity index (χ2v) is 5.30. The number of carbonyl (C=O) groups is 1. The van der Waals surface area contributed by atoms with Crippen LogP contribution in [0.4, 0.5) is 0 Å². The average molecular weight is 279 g/mol. The summed E-state index contributed by atoms with van der Waals surface area (Å²) in [5.41, 5.74) is 2.34. The van der Waals surface area contributed by atoms with E-state index in [0.29, 0.717) is 12.1 Å². The fraction of sp³-hybridized carbons (Fsp3) is 0.222. The third kappa shape index (κ3) is 2.47. The highest BCUT2D eigenvalue weighted by atomic mass is 16.5. The van der Waals surface area contributed by atoms with Gasteiger partial charge in [0.2, 0.25) is 0 Å². The van der Waals surface area contributed by atoms with Crippen LogP contribution in [0, 0.1) is 5.41 Å². The van der Waals surface area contributed by atoms with Gasteiger partial charge in [0.25, 0.3) is 0 Å². The summed E-state index contributed by atoms with van der Waals surface area (Å²) in [6.07, 6.45) is 0.505. The number of nitrogens with one attached hydrogen (secondary N) is 1. The summed E-state index contributed by atoms with van der Waals surface area (Å²) in [6, 6.07) is 17.2. The van der Waals surface area contributed by atoms with Crippen molar-refractivity contribution < 1.29 is 9.53 Å². The molecule has 1 fully saturated rings. The van der Waals surface area contributed by atoms with Gasteiger partial charge in [-0.2, -0.15) is 0 Å². The molecule has 3 heteroatoms. The first-order valence-electron chi connectivity index (χ1n) is 7.00. The minimum atomic E-state index is -0.440. The van der Waals surface area contributed by atoms with Crippen LogP contribution in [0.5, 0.6) is 5.75 Å². The Labute approximate surface area is 124 Å². The lowest BCUT2D eigenvalue weighted by molar-refractivity contribution is -0.119. The molecule has 0 amide bonds. The highest BCUT2D eigenvalue weighted by molar-refractivity contribution is 6.17. The SMILES string of the molecule is COc1cccc(C2C(=N)CC(c3ccccc3)C2=O)c1. The van der Waals surface area contributed by atoms with Crippen LogP contribution in [-0.2, 0) is 4.79 Å². The summed E-state index contributed by atoms with van der Waals surface area (Å²) in [7, 11) is 1.60. The van der Waals surface area contributed by atoms with Crippen LogP contribution < -0.4 is 4.74 Å². The zero-order valence-corrected chi connectivity index (χ0v) is 11.9. The van der Waals surface area contributed by atoms with Crippen LogP contribution in [0.1, 0.15) is 29.4 Å². The molecule has 2 unspecified atom stereocenters. The maximum absolute atomic E-state index is 12.7. The summed E-state index contributed by atoms with van der Waals surface area (Å²) in [5.74, 6) is 0.191. The first-order valence-corrected chi connectivity index (χ1v) is 7.00. The third-order valence-corrected chi connectivity index (χ3v) is 4.03. The highest BCUT2D eigenvalue weighted by Gasteiger charge is 2.40. The van der Waals surface area contributed by atoms with Gasteiger partial charge in [-0.1, -0.05) is 42.5 Å². The van der Waals surface area contributed by atoms with Crippen LogP contribution in [0.15, 0.2) is 54.6 Å². The van der Waals surface area contributed by atoms with E-state index < -0.39 is 5.92 Å². The van der Waals surface area contributed by atoms with Crippen LogP contribution in [0.25, 0.3) is 0 Å². The van der Waals surface area contributed by atoms with E-state index in [4.69, 9.17) is 10.1 Å². The molecule has 3 rings (SSSR count). The van der Waals surface area contributed by atoms with E-state index in [1.165, 1.54) is 0 Å². The topological polar surface area (TPSA) is 50.1 Å². The van der Waals surface area contributed by atoms with Gasteiger partial charge in [-0.25, -0.2) is 0 Å². The van der Waals surface area contributed by atoms with Gasteiger partial charge in [-0.15, -0.1) is 0 Å². The highest BCUT2D eigenvalue weighted by Crippen LogP contribution is 2.38. The van der Waals surface area contributed by atoms with Crippen LogP contribution in [-0.4, -0.2) is 18.6 Å². The van der Waals surface area contributed by atoms with E-state index in [2.05, 4.69) is 0 Å². The van der Waals surface area contributed by atoms with Crippen molar-refractivity contribution in [2.45, 2.75) is 18.3 Å². The number of hydrogen-bond donors (Lipinski definition) is 1. The molecule has 2 aromatic carbocycles. The Bertz CT molecular complexity index is 679. The van der Waals surface area contributed by atoms with E-state index in [1.54, 1.807) is 7.11 Å². The third-order valence-electron chi connectivity index (χ3n) is 4.03. The first kappa shape index (κ1) is 13.6.